The minimum absolute atomic E-state index is 0.0513. The number of halogens is 1. The van der Waals surface area contributed by atoms with Crippen LogP contribution in [0.5, 0.6) is 0 Å². The van der Waals surface area contributed by atoms with Crippen LogP contribution >= 0.6 is 0 Å². The van der Waals surface area contributed by atoms with E-state index >= 15 is 0 Å². The van der Waals surface area contributed by atoms with Crippen molar-refractivity contribution in [3.05, 3.63) is 54.2 Å². The number of ether oxygens (including phenoxy) is 1. The second kappa shape index (κ2) is 5.70. The van der Waals surface area contributed by atoms with Crippen molar-refractivity contribution in [2.24, 2.45) is 0 Å². The molecule has 0 bridgehead atoms. The van der Waals surface area contributed by atoms with Gasteiger partial charge in [0.05, 0.1) is 25.0 Å². The number of hydrogen-bond donors (Lipinski definition) is 0. The van der Waals surface area contributed by atoms with Crippen LogP contribution in [0, 0.1) is 5.82 Å². The number of anilines is 1. The van der Waals surface area contributed by atoms with Gasteiger partial charge in [-0.1, -0.05) is 6.07 Å². The molecular formula is C17H17FN2O3. The van der Waals surface area contributed by atoms with Crippen LogP contribution in [0.1, 0.15) is 10.6 Å². The molecule has 2 fully saturated rings. The molecule has 0 saturated carbocycles. The van der Waals surface area contributed by atoms with Crippen LogP contribution in [-0.2, 0) is 4.74 Å². The Labute approximate surface area is 133 Å². The van der Waals surface area contributed by atoms with Crippen LogP contribution in [0.15, 0.2) is 47.1 Å². The van der Waals surface area contributed by atoms with E-state index < -0.39 is 0 Å². The number of benzene rings is 1. The SMILES string of the molecule is O=C(c1ccco1)N1CCO[C@@H]2CN(c3cccc(F)c3)C[C@@H]21. The fourth-order valence-corrected chi connectivity index (χ4v) is 3.37. The van der Waals surface area contributed by atoms with Crippen LogP contribution in [0.2, 0.25) is 0 Å². The zero-order chi connectivity index (χ0) is 15.8. The van der Waals surface area contributed by atoms with Crippen molar-refractivity contribution in [2.75, 3.05) is 31.1 Å². The van der Waals surface area contributed by atoms with Crippen LogP contribution in [0.4, 0.5) is 10.1 Å². The number of hydrogen-bond acceptors (Lipinski definition) is 4. The third-order valence-corrected chi connectivity index (χ3v) is 4.47. The highest BCUT2D eigenvalue weighted by Gasteiger charge is 2.42. The molecule has 2 saturated heterocycles. The number of amides is 1. The second-order valence-electron chi connectivity index (χ2n) is 5.84. The molecule has 3 heterocycles. The third-order valence-electron chi connectivity index (χ3n) is 4.47. The van der Waals surface area contributed by atoms with Gasteiger partial charge in [0.2, 0.25) is 0 Å². The van der Waals surface area contributed by atoms with Crippen molar-refractivity contribution < 1.29 is 18.3 Å². The van der Waals surface area contributed by atoms with Crippen molar-refractivity contribution in [3.63, 3.8) is 0 Å². The molecule has 2 aliphatic rings. The third kappa shape index (κ3) is 2.59. The molecule has 0 aliphatic carbocycles. The van der Waals surface area contributed by atoms with Crippen LogP contribution in [0.3, 0.4) is 0 Å². The monoisotopic (exact) mass is 316 g/mol. The van der Waals surface area contributed by atoms with Gasteiger partial charge in [-0.05, 0) is 30.3 Å². The van der Waals surface area contributed by atoms with Crippen molar-refractivity contribution >= 4 is 11.6 Å². The topological polar surface area (TPSA) is 45.9 Å². The van der Waals surface area contributed by atoms with E-state index in [1.54, 1.807) is 18.2 Å². The number of rotatable bonds is 2. The molecule has 0 radical (unpaired) electrons. The Bertz CT molecular complexity index is 704. The summed E-state index contributed by atoms with van der Waals surface area (Å²) in [6.45, 7) is 2.32. The molecule has 1 amide bonds. The highest BCUT2D eigenvalue weighted by atomic mass is 19.1. The number of morpholine rings is 1. The quantitative estimate of drug-likeness (QED) is 0.852. The lowest BCUT2D eigenvalue weighted by Crippen LogP contribution is -2.53. The molecule has 2 atom stereocenters. The largest absolute Gasteiger partial charge is 0.459 e. The Kier molecular flexibility index (Phi) is 3.53. The molecule has 2 aromatic rings. The van der Waals surface area contributed by atoms with E-state index in [0.717, 1.165) is 5.69 Å². The van der Waals surface area contributed by atoms with Crippen LogP contribution < -0.4 is 4.90 Å². The van der Waals surface area contributed by atoms with Gasteiger partial charge >= 0.3 is 0 Å². The lowest BCUT2D eigenvalue weighted by molar-refractivity contribution is -0.0373. The summed E-state index contributed by atoms with van der Waals surface area (Å²) in [5.74, 6) is -0.0361. The predicted molar refractivity (Wildman–Crippen MR) is 81.9 cm³/mol. The molecule has 5 nitrogen and oxygen atoms in total. The highest BCUT2D eigenvalue weighted by Crippen LogP contribution is 2.28. The van der Waals surface area contributed by atoms with Gasteiger partial charge in [0.1, 0.15) is 5.82 Å². The fourth-order valence-electron chi connectivity index (χ4n) is 3.37. The minimum atomic E-state index is -0.262. The van der Waals surface area contributed by atoms with Gasteiger partial charge in [0.25, 0.3) is 5.91 Å². The fraction of sp³-hybridized carbons (Fsp3) is 0.353. The summed E-state index contributed by atoms with van der Waals surface area (Å²) >= 11 is 0. The molecule has 1 aromatic carbocycles. The first-order valence-electron chi connectivity index (χ1n) is 7.69. The van der Waals surface area contributed by atoms with Gasteiger partial charge in [0, 0.05) is 25.3 Å². The Morgan fingerprint density at radius 3 is 2.91 bits per heavy atom. The second-order valence-corrected chi connectivity index (χ2v) is 5.84. The number of carbonyl (C=O) groups is 1. The van der Waals surface area contributed by atoms with Gasteiger partial charge in [-0.2, -0.15) is 0 Å². The molecule has 4 rings (SSSR count). The van der Waals surface area contributed by atoms with E-state index in [9.17, 15) is 9.18 Å². The standard InChI is InChI=1S/C17H17FN2O3/c18-12-3-1-4-13(9-12)19-10-14-16(11-19)23-8-6-20(14)17(21)15-5-2-7-22-15/h1-5,7,9,14,16H,6,8,10-11H2/t14-,16+/m0/s1. The zero-order valence-electron chi connectivity index (χ0n) is 12.5. The molecule has 0 N–H and O–H groups in total. The lowest BCUT2D eigenvalue weighted by atomic mass is 10.1. The molecule has 120 valence electrons. The van der Waals surface area contributed by atoms with Gasteiger partial charge < -0.3 is 19.0 Å². The first kappa shape index (κ1) is 14.3. The average Bonchev–Trinajstić information content (AvgIpc) is 3.23. The van der Waals surface area contributed by atoms with Crippen LogP contribution in [-0.4, -0.2) is 49.2 Å². The summed E-state index contributed by atoms with van der Waals surface area (Å²) < 4.78 is 24.5. The normalized spacial score (nSPS) is 23.9. The van der Waals surface area contributed by atoms with Gasteiger partial charge in [-0.3, -0.25) is 4.79 Å². The highest BCUT2D eigenvalue weighted by molar-refractivity contribution is 5.92. The molecular weight excluding hydrogens is 299 g/mol. The van der Waals surface area contributed by atoms with Crippen molar-refractivity contribution in [3.8, 4) is 0 Å². The molecule has 0 unspecified atom stereocenters. The molecule has 6 heteroatoms. The van der Waals surface area contributed by atoms with Gasteiger partial charge in [-0.15, -0.1) is 0 Å². The zero-order valence-corrected chi connectivity index (χ0v) is 12.5. The summed E-state index contributed by atoms with van der Waals surface area (Å²) in [6, 6.07) is 9.83. The molecule has 1 aromatic heterocycles. The van der Waals surface area contributed by atoms with E-state index in [1.807, 2.05) is 11.0 Å². The van der Waals surface area contributed by atoms with Crippen molar-refractivity contribution in [2.45, 2.75) is 12.1 Å². The Hall–Kier alpha value is -2.34. The van der Waals surface area contributed by atoms with Crippen LogP contribution in [0.25, 0.3) is 0 Å². The first-order chi connectivity index (χ1) is 11.2. The molecule has 2 aliphatic heterocycles. The van der Waals surface area contributed by atoms with Gasteiger partial charge in [0.15, 0.2) is 5.76 Å². The van der Waals surface area contributed by atoms with E-state index in [4.69, 9.17) is 9.15 Å². The summed E-state index contributed by atoms with van der Waals surface area (Å²) in [5.41, 5.74) is 0.813. The Morgan fingerprint density at radius 2 is 2.13 bits per heavy atom. The number of nitrogens with zero attached hydrogens (tertiary/aromatic N) is 2. The minimum Gasteiger partial charge on any atom is -0.459 e. The smallest absolute Gasteiger partial charge is 0.290 e. The van der Waals surface area contributed by atoms with E-state index in [2.05, 4.69) is 4.90 Å². The van der Waals surface area contributed by atoms with E-state index in [1.165, 1.54) is 18.4 Å². The summed E-state index contributed by atoms with van der Waals surface area (Å²) in [7, 11) is 0. The Morgan fingerprint density at radius 1 is 1.22 bits per heavy atom. The maximum Gasteiger partial charge on any atom is 0.290 e. The molecule has 23 heavy (non-hydrogen) atoms. The summed E-state index contributed by atoms with van der Waals surface area (Å²) in [6.07, 6.45) is 1.43. The molecule has 0 spiro atoms. The average molecular weight is 316 g/mol. The Balaban J connectivity index is 1.56. The lowest BCUT2D eigenvalue weighted by Gasteiger charge is -2.36. The first-order valence-corrected chi connectivity index (χ1v) is 7.69. The number of furan rings is 1. The predicted octanol–water partition coefficient (Wildman–Crippen LogP) is 2.15. The summed E-state index contributed by atoms with van der Waals surface area (Å²) in [5, 5.41) is 0. The number of fused-ring (bicyclic) bond motifs is 1. The number of carbonyl (C=O) groups excluding carboxylic acids is 1. The maximum absolute atomic E-state index is 13.4. The van der Waals surface area contributed by atoms with Crippen molar-refractivity contribution in [1.82, 2.24) is 4.90 Å². The van der Waals surface area contributed by atoms with Gasteiger partial charge in [-0.25, -0.2) is 4.39 Å². The van der Waals surface area contributed by atoms with E-state index in [0.29, 0.717) is 32.0 Å². The maximum atomic E-state index is 13.4. The summed E-state index contributed by atoms with van der Waals surface area (Å²) in [4.78, 5) is 16.5. The van der Waals surface area contributed by atoms with Crippen molar-refractivity contribution in [1.29, 1.82) is 0 Å². The van der Waals surface area contributed by atoms with E-state index in [-0.39, 0.29) is 23.9 Å².